The van der Waals surface area contributed by atoms with Crippen molar-refractivity contribution in [3.8, 4) is 0 Å². The van der Waals surface area contributed by atoms with Gasteiger partial charge in [0.2, 0.25) is 0 Å². The minimum atomic E-state index is 0.891. The van der Waals surface area contributed by atoms with E-state index in [2.05, 4.69) is 41.5 Å². The van der Waals surface area contributed by atoms with Gasteiger partial charge in [-0.25, -0.2) is 0 Å². The van der Waals surface area contributed by atoms with Gasteiger partial charge in [-0.1, -0.05) is 234 Å². The van der Waals surface area contributed by atoms with E-state index in [0.717, 1.165) is 23.7 Å². The molecule has 0 heterocycles. The van der Waals surface area contributed by atoms with Crippen LogP contribution in [0.1, 0.15) is 234 Å². The van der Waals surface area contributed by atoms with E-state index in [4.69, 9.17) is 0 Å². The maximum Gasteiger partial charge on any atom is -0.0414 e. The minimum Gasteiger partial charge on any atom is -0.0654 e. The number of rotatable bonds is 33. The molecule has 0 saturated heterocycles. The average Bonchev–Trinajstić information content (AvgIpc) is 2.93. The molecule has 0 aliphatic carbocycles. The summed E-state index contributed by atoms with van der Waals surface area (Å²) in [7, 11) is 0. The van der Waals surface area contributed by atoms with Crippen molar-refractivity contribution in [3.63, 3.8) is 0 Å². The predicted molar refractivity (Wildman–Crippen MR) is 187 cm³/mol. The molecule has 0 aliphatic heterocycles. The van der Waals surface area contributed by atoms with Crippen LogP contribution in [0.2, 0.25) is 0 Å². The second-order valence-corrected chi connectivity index (χ2v) is 14.8. The van der Waals surface area contributed by atoms with E-state index in [1.807, 2.05) is 0 Å². The van der Waals surface area contributed by atoms with E-state index in [9.17, 15) is 0 Å². The Morgan fingerprint density at radius 2 is 0.600 bits per heavy atom. The van der Waals surface area contributed by atoms with Crippen molar-refractivity contribution in [1.29, 1.82) is 0 Å². The molecule has 0 nitrogen and oxygen atoms in total. The van der Waals surface area contributed by atoms with Gasteiger partial charge in [-0.2, -0.15) is 0 Å². The van der Waals surface area contributed by atoms with Gasteiger partial charge in [-0.05, 0) is 23.7 Å². The van der Waals surface area contributed by atoms with Gasteiger partial charge in [-0.3, -0.25) is 0 Å². The van der Waals surface area contributed by atoms with E-state index >= 15 is 0 Å². The lowest BCUT2D eigenvalue weighted by Gasteiger charge is -2.16. The highest BCUT2D eigenvalue weighted by atomic mass is 14.1. The Morgan fingerprint density at radius 3 is 0.950 bits per heavy atom. The second kappa shape index (κ2) is 31.9. The van der Waals surface area contributed by atoms with Crippen molar-refractivity contribution < 1.29 is 0 Å². The van der Waals surface area contributed by atoms with Gasteiger partial charge in [0.15, 0.2) is 0 Å². The Hall–Kier alpha value is 0. The van der Waals surface area contributed by atoms with E-state index in [0.29, 0.717) is 0 Å². The lowest BCUT2D eigenvalue weighted by molar-refractivity contribution is 0.376. The molecule has 3 atom stereocenters. The standard InChI is InChI=1S/C40H82/c1-7-30-40(36-29-22-18-17-19-24-31-37(3)4)35-28-21-16-14-12-10-9-11-13-15-20-25-33-39(6)34-27-23-26-32-38(5)8-2/h37-40H,7-36H2,1-6H3. The highest BCUT2D eigenvalue weighted by Gasteiger charge is 2.08. The Balaban J connectivity index is 3.40. The maximum absolute atomic E-state index is 2.50. The first-order chi connectivity index (χ1) is 19.5. The molecular formula is C40H82. The van der Waals surface area contributed by atoms with Crippen molar-refractivity contribution in [2.45, 2.75) is 234 Å². The third-order valence-electron chi connectivity index (χ3n) is 9.99. The first kappa shape index (κ1) is 40.0. The molecule has 0 rings (SSSR count). The molecule has 0 radical (unpaired) electrons. The molecule has 0 aliphatic rings. The molecule has 0 amide bonds. The summed E-state index contributed by atoms with van der Waals surface area (Å²) >= 11 is 0. The minimum absolute atomic E-state index is 0.891. The van der Waals surface area contributed by atoms with Gasteiger partial charge >= 0.3 is 0 Å². The first-order valence-corrected chi connectivity index (χ1v) is 19.5. The molecule has 0 N–H and O–H groups in total. The van der Waals surface area contributed by atoms with Gasteiger partial charge in [0.25, 0.3) is 0 Å². The topological polar surface area (TPSA) is 0 Å². The predicted octanol–water partition coefficient (Wildman–Crippen LogP) is 15.3. The molecule has 0 aromatic carbocycles. The first-order valence-electron chi connectivity index (χ1n) is 19.5. The monoisotopic (exact) mass is 563 g/mol. The van der Waals surface area contributed by atoms with Gasteiger partial charge in [0.05, 0.1) is 0 Å². The second-order valence-electron chi connectivity index (χ2n) is 14.8. The molecule has 0 bridgehead atoms. The molecule has 0 spiro atoms. The molecule has 0 fully saturated rings. The third kappa shape index (κ3) is 30.9. The summed E-state index contributed by atoms with van der Waals surface area (Å²) in [6.07, 6.45) is 44.2. The third-order valence-corrected chi connectivity index (χ3v) is 9.99. The largest absolute Gasteiger partial charge is 0.0654 e. The van der Waals surface area contributed by atoms with Crippen LogP contribution < -0.4 is 0 Å². The van der Waals surface area contributed by atoms with Crippen LogP contribution in [0, 0.1) is 23.7 Å². The molecule has 0 heteroatoms. The summed E-state index contributed by atoms with van der Waals surface area (Å²) in [5, 5.41) is 0. The molecule has 242 valence electrons. The molecule has 3 unspecified atom stereocenters. The average molecular weight is 563 g/mol. The van der Waals surface area contributed by atoms with Gasteiger partial charge in [0.1, 0.15) is 0 Å². The summed E-state index contributed by atoms with van der Waals surface area (Å²) in [6.45, 7) is 14.3. The quantitative estimate of drug-likeness (QED) is 0.0698. The summed E-state index contributed by atoms with van der Waals surface area (Å²) in [5.74, 6) is 3.82. The Morgan fingerprint density at radius 1 is 0.300 bits per heavy atom. The van der Waals surface area contributed by atoms with Crippen LogP contribution in [-0.2, 0) is 0 Å². The normalized spacial score (nSPS) is 14.2. The van der Waals surface area contributed by atoms with Crippen molar-refractivity contribution >= 4 is 0 Å². The number of hydrogen-bond donors (Lipinski definition) is 0. The number of hydrogen-bond acceptors (Lipinski definition) is 0. The summed E-state index contributed by atoms with van der Waals surface area (Å²) < 4.78 is 0. The van der Waals surface area contributed by atoms with Crippen LogP contribution in [0.5, 0.6) is 0 Å². The maximum atomic E-state index is 2.50. The van der Waals surface area contributed by atoms with Crippen molar-refractivity contribution in [3.05, 3.63) is 0 Å². The van der Waals surface area contributed by atoms with Gasteiger partial charge in [-0.15, -0.1) is 0 Å². The smallest absolute Gasteiger partial charge is 0.0414 e. The van der Waals surface area contributed by atoms with Crippen LogP contribution in [0.15, 0.2) is 0 Å². The van der Waals surface area contributed by atoms with Gasteiger partial charge < -0.3 is 0 Å². The van der Waals surface area contributed by atoms with Crippen molar-refractivity contribution in [1.82, 2.24) is 0 Å². The molecule has 0 saturated carbocycles. The van der Waals surface area contributed by atoms with Crippen molar-refractivity contribution in [2.24, 2.45) is 23.7 Å². The van der Waals surface area contributed by atoms with Gasteiger partial charge in [0, 0.05) is 0 Å². The SMILES string of the molecule is CCCC(CCCCCCCCCCCCCCC(C)CCCCCC(C)CC)CCCCCCCCC(C)C. The van der Waals surface area contributed by atoms with E-state index in [1.54, 1.807) is 0 Å². The summed E-state index contributed by atoms with van der Waals surface area (Å²) in [4.78, 5) is 0. The lowest BCUT2D eigenvalue weighted by Crippen LogP contribution is -2.00. The summed E-state index contributed by atoms with van der Waals surface area (Å²) in [6, 6.07) is 0. The number of unbranched alkanes of at least 4 members (excludes halogenated alkanes) is 18. The van der Waals surface area contributed by atoms with E-state index in [1.165, 1.54) is 193 Å². The zero-order chi connectivity index (χ0) is 29.5. The van der Waals surface area contributed by atoms with Crippen LogP contribution >= 0.6 is 0 Å². The zero-order valence-electron chi connectivity index (χ0n) is 29.5. The molecule has 0 aromatic heterocycles. The Kier molecular flexibility index (Phi) is 31.9. The van der Waals surface area contributed by atoms with E-state index in [-0.39, 0.29) is 0 Å². The molecular weight excluding hydrogens is 480 g/mol. The Bertz CT molecular complexity index is 451. The molecule has 40 heavy (non-hydrogen) atoms. The van der Waals surface area contributed by atoms with Crippen molar-refractivity contribution in [2.75, 3.05) is 0 Å². The van der Waals surface area contributed by atoms with E-state index < -0.39 is 0 Å². The Labute approximate surface area is 257 Å². The highest BCUT2D eigenvalue weighted by molar-refractivity contribution is 4.61. The van der Waals surface area contributed by atoms with Crippen LogP contribution in [0.4, 0.5) is 0 Å². The lowest BCUT2D eigenvalue weighted by atomic mass is 9.90. The fraction of sp³-hybridized carbons (Fsp3) is 1.00. The summed E-state index contributed by atoms with van der Waals surface area (Å²) in [5.41, 5.74) is 0. The van der Waals surface area contributed by atoms with Crippen LogP contribution in [-0.4, -0.2) is 0 Å². The zero-order valence-corrected chi connectivity index (χ0v) is 29.5. The highest BCUT2D eigenvalue weighted by Crippen LogP contribution is 2.24. The molecule has 0 aromatic rings. The van der Waals surface area contributed by atoms with Crippen LogP contribution in [0.3, 0.4) is 0 Å². The van der Waals surface area contributed by atoms with Crippen LogP contribution in [0.25, 0.3) is 0 Å². The fourth-order valence-corrected chi connectivity index (χ4v) is 6.74. The fourth-order valence-electron chi connectivity index (χ4n) is 6.74.